The van der Waals surface area contributed by atoms with Gasteiger partial charge in [-0.05, 0) is 30.3 Å². The van der Waals surface area contributed by atoms with Gasteiger partial charge in [0, 0.05) is 24.3 Å². The molecule has 2 heterocycles. The summed E-state index contributed by atoms with van der Waals surface area (Å²) in [5.74, 6) is 0.155. The highest BCUT2D eigenvalue weighted by Crippen LogP contribution is 2.20. The number of benzene rings is 1. The maximum absolute atomic E-state index is 12.3. The van der Waals surface area contributed by atoms with E-state index >= 15 is 0 Å². The topological polar surface area (TPSA) is 81.8 Å². The van der Waals surface area contributed by atoms with Crippen molar-refractivity contribution in [1.29, 1.82) is 0 Å². The summed E-state index contributed by atoms with van der Waals surface area (Å²) >= 11 is 9.35. The van der Waals surface area contributed by atoms with Crippen molar-refractivity contribution < 1.29 is 4.79 Å². The van der Waals surface area contributed by atoms with E-state index in [1.54, 1.807) is 43.6 Å². The molecule has 7 nitrogen and oxygen atoms in total. The fourth-order valence-electron chi connectivity index (χ4n) is 2.39. The maximum atomic E-state index is 12.3. The first-order valence-electron chi connectivity index (χ1n) is 7.76. The van der Waals surface area contributed by atoms with Crippen LogP contribution in [0.15, 0.2) is 51.9 Å². The first-order chi connectivity index (χ1) is 12.5. The fraction of sp³-hybridized carbons (Fsp3) is 0.176. The second-order valence-electron chi connectivity index (χ2n) is 5.48. The summed E-state index contributed by atoms with van der Waals surface area (Å²) in [5, 5.41) is 7.40. The third kappa shape index (κ3) is 3.86. The Hall–Kier alpha value is -2.45. The normalized spacial score (nSPS) is 10.7. The van der Waals surface area contributed by atoms with E-state index in [0.717, 1.165) is 4.47 Å². The number of aromatic nitrogens is 4. The van der Waals surface area contributed by atoms with Gasteiger partial charge in [-0.2, -0.15) is 0 Å². The van der Waals surface area contributed by atoms with E-state index in [9.17, 15) is 9.59 Å². The average molecular weight is 437 g/mol. The molecule has 0 aliphatic heterocycles. The van der Waals surface area contributed by atoms with Crippen LogP contribution in [0.4, 0.5) is 0 Å². The molecule has 1 amide bonds. The van der Waals surface area contributed by atoms with Gasteiger partial charge < -0.3 is 5.32 Å². The van der Waals surface area contributed by atoms with Crippen LogP contribution in [0.3, 0.4) is 0 Å². The quantitative estimate of drug-likeness (QED) is 0.666. The largest absolute Gasteiger partial charge is 0.350 e. The highest BCUT2D eigenvalue weighted by molar-refractivity contribution is 9.10. The molecule has 2 aromatic heterocycles. The van der Waals surface area contributed by atoms with Crippen LogP contribution in [0.5, 0.6) is 0 Å². The van der Waals surface area contributed by atoms with E-state index in [0.29, 0.717) is 22.1 Å². The molecule has 0 radical (unpaired) electrons. The van der Waals surface area contributed by atoms with Crippen LogP contribution in [0.1, 0.15) is 10.4 Å². The SMILES string of the molecule is Cn1c(-c2ccccn2)nn(CCNC(=O)c2cc(Br)ccc2Cl)c1=O. The second kappa shape index (κ2) is 7.84. The number of rotatable bonds is 5. The van der Waals surface area contributed by atoms with E-state index in [2.05, 4.69) is 31.3 Å². The molecule has 0 atom stereocenters. The van der Waals surface area contributed by atoms with E-state index in [-0.39, 0.29) is 24.7 Å². The van der Waals surface area contributed by atoms with Crippen molar-refractivity contribution >= 4 is 33.4 Å². The molecule has 9 heteroatoms. The maximum Gasteiger partial charge on any atom is 0.346 e. The molecule has 1 aromatic carbocycles. The summed E-state index contributed by atoms with van der Waals surface area (Å²) in [6, 6.07) is 10.4. The molecule has 3 aromatic rings. The number of nitrogens with one attached hydrogen (secondary N) is 1. The highest BCUT2D eigenvalue weighted by atomic mass is 79.9. The first-order valence-corrected chi connectivity index (χ1v) is 8.93. The van der Waals surface area contributed by atoms with Gasteiger partial charge in [0.15, 0.2) is 5.82 Å². The monoisotopic (exact) mass is 435 g/mol. The Balaban J connectivity index is 1.70. The lowest BCUT2D eigenvalue weighted by atomic mass is 10.2. The Bertz CT molecular complexity index is 1000. The lowest BCUT2D eigenvalue weighted by Gasteiger charge is -2.07. The summed E-state index contributed by atoms with van der Waals surface area (Å²) in [7, 11) is 1.63. The van der Waals surface area contributed by atoms with Crippen LogP contribution in [0.25, 0.3) is 11.5 Å². The van der Waals surface area contributed by atoms with Crippen LogP contribution >= 0.6 is 27.5 Å². The zero-order chi connectivity index (χ0) is 18.7. The minimum absolute atomic E-state index is 0.233. The first kappa shape index (κ1) is 18.3. The number of hydrogen-bond donors (Lipinski definition) is 1. The number of halogens is 2. The third-order valence-corrected chi connectivity index (χ3v) is 4.54. The van der Waals surface area contributed by atoms with Crippen molar-refractivity contribution in [2.45, 2.75) is 6.54 Å². The number of carbonyl (C=O) groups excluding carboxylic acids is 1. The van der Waals surface area contributed by atoms with Gasteiger partial charge in [0.1, 0.15) is 5.69 Å². The molecular weight excluding hydrogens is 422 g/mol. The number of pyridine rings is 1. The van der Waals surface area contributed by atoms with Crippen molar-refractivity contribution in [3.05, 3.63) is 68.1 Å². The molecule has 26 heavy (non-hydrogen) atoms. The van der Waals surface area contributed by atoms with Crippen LogP contribution in [0.2, 0.25) is 5.02 Å². The van der Waals surface area contributed by atoms with Gasteiger partial charge >= 0.3 is 5.69 Å². The van der Waals surface area contributed by atoms with Crippen molar-refractivity contribution in [1.82, 2.24) is 24.6 Å². The summed E-state index contributed by atoms with van der Waals surface area (Å²) in [4.78, 5) is 28.8. The van der Waals surface area contributed by atoms with Gasteiger partial charge in [0.2, 0.25) is 0 Å². The molecule has 3 rings (SSSR count). The van der Waals surface area contributed by atoms with Crippen molar-refractivity contribution in [3.63, 3.8) is 0 Å². The van der Waals surface area contributed by atoms with E-state index in [4.69, 9.17) is 11.6 Å². The minimum atomic E-state index is -0.315. The number of hydrogen-bond acceptors (Lipinski definition) is 4. The van der Waals surface area contributed by atoms with E-state index in [1.807, 2.05) is 6.07 Å². The molecule has 0 fully saturated rings. The molecular formula is C17H15BrClN5O2. The van der Waals surface area contributed by atoms with E-state index < -0.39 is 0 Å². The Labute approximate surface area is 162 Å². The number of carbonyl (C=O) groups is 1. The van der Waals surface area contributed by atoms with Crippen molar-refractivity contribution in [2.24, 2.45) is 7.05 Å². The van der Waals surface area contributed by atoms with Crippen LogP contribution in [-0.4, -0.2) is 31.8 Å². The molecule has 134 valence electrons. The summed E-state index contributed by atoms with van der Waals surface area (Å²) in [6.07, 6.45) is 1.64. The van der Waals surface area contributed by atoms with Crippen molar-refractivity contribution in [2.75, 3.05) is 6.54 Å². The predicted molar refractivity (Wildman–Crippen MR) is 102 cm³/mol. The highest BCUT2D eigenvalue weighted by Gasteiger charge is 2.14. The summed E-state index contributed by atoms with van der Waals surface area (Å²) in [5.41, 5.74) is 0.694. The standard InChI is InChI=1S/C17H15BrClN5O2/c1-23-15(14-4-2-3-7-20-14)22-24(17(23)26)9-8-21-16(25)12-10-11(18)5-6-13(12)19/h2-7,10H,8-9H2,1H3,(H,21,25). The van der Waals surface area contributed by atoms with Gasteiger partial charge in [-0.1, -0.05) is 33.6 Å². The molecule has 0 unspecified atom stereocenters. The van der Waals surface area contributed by atoms with Gasteiger partial charge in [-0.15, -0.1) is 5.10 Å². The zero-order valence-corrected chi connectivity index (χ0v) is 16.2. The molecule has 0 bridgehead atoms. The average Bonchev–Trinajstić information content (AvgIpc) is 2.93. The summed E-state index contributed by atoms with van der Waals surface area (Å²) in [6.45, 7) is 0.469. The van der Waals surface area contributed by atoms with Gasteiger partial charge in [-0.25, -0.2) is 9.48 Å². The van der Waals surface area contributed by atoms with Gasteiger partial charge in [-0.3, -0.25) is 14.3 Å². The smallest absolute Gasteiger partial charge is 0.346 e. The van der Waals surface area contributed by atoms with Gasteiger partial charge in [0.25, 0.3) is 5.91 Å². The molecule has 0 saturated heterocycles. The molecule has 0 saturated carbocycles. The number of amides is 1. The molecule has 0 aliphatic carbocycles. The second-order valence-corrected chi connectivity index (χ2v) is 6.81. The lowest BCUT2D eigenvalue weighted by molar-refractivity contribution is 0.0952. The van der Waals surface area contributed by atoms with Crippen LogP contribution < -0.4 is 11.0 Å². The third-order valence-electron chi connectivity index (χ3n) is 3.72. The Morgan fingerprint density at radius 3 is 2.85 bits per heavy atom. The number of nitrogens with zero attached hydrogens (tertiary/aromatic N) is 4. The zero-order valence-electron chi connectivity index (χ0n) is 13.8. The molecule has 0 spiro atoms. The molecule has 0 aliphatic rings. The fourth-order valence-corrected chi connectivity index (χ4v) is 2.96. The lowest BCUT2D eigenvalue weighted by Crippen LogP contribution is -2.31. The summed E-state index contributed by atoms with van der Waals surface area (Å²) < 4.78 is 3.48. The minimum Gasteiger partial charge on any atom is -0.350 e. The Morgan fingerprint density at radius 2 is 2.12 bits per heavy atom. The van der Waals surface area contributed by atoms with Crippen LogP contribution in [0, 0.1) is 0 Å². The van der Waals surface area contributed by atoms with E-state index in [1.165, 1.54) is 9.25 Å². The Kier molecular flexibility index (Phi) is 5.53. The Morgan fingerprint density at radius 1 is 1.31 bits per heavy atom. The van der Waals surface area contributed by atoms with Crippen LogP contribution in [-0.2, 0) is 13.6 Å². The predicted octanol–water partition coefficient (Wildman–Crippen LogP) is 2.49. The van der Waals surface area contributed by atoms with Crippen molar-refractivity contribution in [3.8, 4) is 11.5 Å². The van der Waals surface area contributed by atoms with Gasteiger partial charge in [0.05, 0.1) is 17.1 Å². The molecule has 1 N–H and O–H groups in total.